The fourth-order valence-electron chi connectivity index (χ4n) is 4.21. The molecule has 1 aromatic carbocycles. The van der Waals surface area contributed by atoms with Crippen LogP contribution in [0.3, 0.4) is 0 Å². The molecule has 20 nitrogen and oxygen atoms in total. The Balaban J connectivity index is 2.70. The van der Waals surface area contributed by atoms with E-state index in [0.717, 1.165) is 14.0 Å². The molecular formula is C22H24N2O18S. The number of nitrogens with one attached hydrogen (secondary N) is 1. The summed E-state index contributed by atoms with van der Waals surface area (Å²) in [6.07, 6.45) is 0.0337. The lowest BCUT2D eigenvalue weighted by Gasteiger charge is -2.40. The molecule has 21 heteroatoms. The molecule has 0 bridgehead atoms. The summed E-state index contributed by atoms with van der Waals surface area (Å²) in [4.78, 5) is 36.8. The van der Waals surface area contributed by atoms with Crippen molar-refractivity contribution in [2.45, 2.75) is 30.7 Å². The molecule has 0 saturated carbocycles. The largest absolute Gasteiger partial charge is 0.504 e. The van der Waals surface area contributed by atoms with E-state index in [2.05, 4.69) is 4.74 Å². The Morgan fingerprint density at radius 3 is 1.79 bits per heavy atom. The Labute approximate surface area is 238 Å². The van der Waals surface area contributed by atoms with Gasteiger partial charge in [-0.25, -0.2) is 13.0 Å². The smallest absolute Gasteiger partial charge is 0.323 e. The number of aliphatic hydroxyl groups is 6. The highest BCUT2D eigenvalue weighted by Crippen LogP contribution is 2.60. The lowest BCUT2D eigenvalue weighted by Crippen LogP contribution is -2.60. The summed E-state index contributed by atoms with van der Waals surface area (Å²) < 4.78 is 33.9. The molecule has 1 aliphatic carbocycles. The zero-order chi connectivity index (χ0) is 33.4. The van der Waals surface area contributed by atoms with Gasteiger partial charge in [0.15, 0.2) is 17.3 Å². The molecule has 0 radical (unpaired) electrons. The number of aliphatic hydroxyl groups excluding tert-OH is 1. The summed E-state index contributed by atoms with van der Waals surface area (Å²) in [6, 6.07) is 0. The number of nitrogens with zero attached hydrogens (tertiary/aromatic N) is 1. The van der Waals surface area contributed by atoms with Gasteiger partial charge in [-0.3, -0.25) is 14.4 Å². The van der Waals surface area contributed by atoms with Crippen LogP contribution in [0.5, 0.6) is 40.5 Å². The molecule has 1 atom stereocenters. The molecule has 1 amide bonds. The molecule has 0 saturated heterocycles. The van der Waals surface area contributed by atoms with Gasteiger partial charge in [0.25, 0.3) is 11.5 Å². The highest BCUT2D eigenvalue weighted by molar-refractivity contribution is 7.91. The number of hydrogen-bond acceptors (Lipinski definition) is 18. The van der Waals surface area contributed by atoms with Gasteiger partial charge in [-0.1, -0.05) is 0 Å². The van der Waals surface area contributed by atoms with Crippen molar-refractivity contribution in [3.63, 3.8) is 0 Å². The lowest BCUT2D eigenvalue weighted by atomic mass is 9.94. The Morgan fingerprint density at radius 2 is 1.35 bits per heavy atom. The molecule has 3 rings (SSSR count). The van der Waals surface area contributed by atoms with Crippen LogP contribution in [0.2, 0.25) is 0 Å². The number of aromatic hydroxyl groups is 5. The van der Waals surface area contributed by atoms with Gasteiger partial charge in [-0.15, -0.1) is 0 Å². The summed E-state index contributed by atoms with van der Waals surface area (Å²) >= 11 is 0. The van der Waals surface area contributed by atoms with Crippen LogP contribution in [0.15, 0.2) is 5.76 Å². The number of phenolic OH excluding ortho intramolecular Hbond substituents is 3. The molecule has 1 heterocycles. The molecule has 1 aliphatic rings. The van der Waals surface area contributed by atoms with E-state index in [1.807, 2.05) is 5.32 Å². The van der Waals surface area contributed by atoms with Gasteiger partial charge in [-0.2, -0.15) is 0 Å². The Morgan fingerprint density at radius 1 is 0.837 bits per heavy atom. The maximum Gasteiger partial charge on any atom is 0.323 e. The Kier molecular flexibility index (Phi) is 7.53. The van der Waals surface area contributed by atoms with Crippen LogP contribution in [-0.4, -0.2) is 111 Å². The van der Waals surface area contributed by atoms with Crippen LogP contribution in [0.25, 0.3) is 5.70 Å². The first-order valence-electron chi connectivity index (χ1n) is 11.2. The zero-order valence-electron chi connectivity index (χ0n) is 22.1. The molecule has 0 fully saturated rings. The van der Waals surface area contributed by atoms with Crippen LogP contribution >= 0.6 is 0 Å². The topological polar surface area (TPSA) is 343 Å². The number of amides is 1. The van der Waals surface area contributed by atoms with Crippen molar-refractivity contribution < 1.29 is 88.4 Å². The number of benzene rings is 1. The first-order chi connectivity index (χ1) is 19.4. The van der Waals surface area contributed by atoms with Crippen molar-refractivity contribution in [3.8, 4) is 40.5 Å². The number of sulfone groups is 1. The number of methoxy groups -OCH3 is 1. The van der Waals surface area contributed by atoms with E-state index in [0.29, 0.717) is 6.92 Å². The molecular weight excluding hydrogens is 612 g/mol. The van der Waals surface area contributed by atoms with Crippen LogP contribution in [-0.2, 0) is 25.2 Å². The maximum absolute atomic E-state index is 12.7. The summed E-state index contributed by atoms with van der Waals surface area (Å²) in [6.45, 7) is 1.33. The molecule has 0 aliphatic heterocycles. The standard InChI is InChI=1S/C22H24N2O18S/c1-5(25)23-9-6-7(10(26)14(30)13(9)29)19(33)24(18(6)32)21(36,22(37,38)43(4,39)40)8-11(27)15(31)16(41-3)17(12(8)28)42-20(2,34)35/h27-29,31-38H,1-4H3,(H,23,25). The van der Waals surface area contributed by atoms with Crippen molar-refractivity contribution in [2.24, 2.45) is 0 Å². The number of phenols is 3. The van der Waals surface area contributed by atoms with E-state index >= 15 is 0 Å². The summed E-state index contributed by atoms with van der Waals surface area (Å²) in [7, 11) is -4.84. The Bertz CT molecular complexity index is 1730. The van der Waals surface area contributed by atoms with E-state index in [4.69, 9.17) is 4.74 Å². The molecule has 236 valence electrons. The number of ketones is 2. The number of fused-ring (bicyclic) bond motifs is 1. The predicted octanol–water partition coefficient (Wildman–Crippen LogP) is -3.43. The van der Waals surface area contributed by atoms with Gasteiger partial charge in [0.05, 0.1) is 12.7 Å². The number of allylic oxidation sites excluding steroid dienone is 1. The SMILES string of the molecule is COc1c(O)c(O)c(C(O)(n2c(O)c3c(c2O)C(NC(C)=O)=C(O)C(=O)C3=O)C(O)(O)S(C)(=O)=O)c(O)c1OC(C)(O)O. The number of rotatable bonds is 8. The molecule has 0 spiro atoms. The van der Waals surface area contributed by atoms with Crippen LogP contribution in [0.1, 0.15) is 35.3 Å². The zero-order valence-corrected chi connectivity index (χ0v) is 22.9. The summed E-state index contributed by atoms with van der Waals surface area (Å²) in [5.74, 6) is -21.3. The minimum Gasteiger partial charge on any atom is -0.504 e. The highest BCUT2D eigenvalue weighted by Gasteiger charge is 2.65. The number of ether oxygens (including phenoxy) is 2. The first kappa shape index (κ1) is 32.7. The third kappa shape index (κ3) is 4.59. The van der Waals surface area contributed by atoms with Crippen LogP contribution < -0.4 is 14.8 Å². The van der Waals surface area contributed by atoms with Crippen molar-refractivity contribution in [2.75, 3.05) is 13.4 Å². The van der Waals surface area contributed by atoms with Crippen LogP contribution in [0, 0.1) is 0 Å². The van der Waals surface area contributed by atoms with E-state index in [9.17, 15) is 79.0 Å². The fourth-order valence-corrected chi connectivity index (χ4v) is 4.92. The Hall–Kier alpha value is -4.80. The average Bonchev–Trinajstić information content (AvgIpc) is 3.12. The second-order valence-electron chi connectivity index (χ2n) is 9.17. The van der Waals surface area contributed by atoms with E-state index in [-0.39, 0.29) is 6.26 Å². The number of aromatic nitrogens is 1. The first-order valence-corrected chi connectivity index (χ1v) is 13.1. The van der Waals surface area contributed by atoms with Gasteiger partial charge in [0.2, 0.25) is 50.5 Å². The van der Waals surface area contributed by atoms with E-state index in [1.165, 1.54) is 0 Å². The van der Waals surface area contributed by atoms with E-state index < -0.39 is 117 Å². The summed E-state index contributed by atoms with van der Waals surface area (Å²) in [5.41, 5.74) is -10.4. The predicted molar refractivity (Wildman–Crippen MR) is 133 cm³/mol. The number of carbonyl (C=O) groups is 3. The van der Waals surface area contributed by atoms with Crippen molar-refractivity contribution in [3.05, 3.63) is 22.4 Å². The minimum absolute atomic E-state index is 0.0337. The van der Waals surface area contributed by atoms with Gasteiger partial charge in [0, 0.05) is 20.1 Å². The second kappa shape index (κ2) is 9.89. The van der Waals surface area contributed by atoms with Gasteiger partial charge in [-0.05, 0) is 0 Å². The molecule has 2 aromatic rings. The third-order valence-corrected chi connectivity index (χ3v) is 7.35. The van der Waals surface area contributed by atoms with Crippen molar-refractivity contribution in [1.29, 1.82) is 0 Å². The van der Waals surface area contributed by atoms with Crippen LogP contribution in [0.4, 0.5) is 0 Å². The fraction of sp³-hybridized carbons (Fsp3) is 0.318. The normalized spacial score (nSPS) is 15.7. The molecule has 43 heavy (non-hydrogen) atoms. The molecule has 1 unspecified atom stereocenters. The molecule has 1 aromatic heterocycles. The third-order valence-electron chi connectivity index (χ3n) is 6.03. The van der Waals surface area contributed by atoms with Gasteiger partial charge >= 0.3 is 11.1 Å². The van der Waals surface area contributed by atoms with Crippen molar-refractivity contribution >= 4 is 33.0 Å². The van der Waals surface area contributed by atoms with Gasteiger partial charge in [0.1, 0.15) is 16.8 Å². The van der Waals surface area contributed by atoms with Gasteiger partial charge < -0.3 is 71.0 Å². The minimum atomic E-state index is -5.61. The summed E-state index contributed by atoms with van der Waals surface area (Å²) in [5, 5.41) is 115. The average molecular weight is 636 g/mol. The molecule has 12 N–H and O–H groups in total. The highest BCUT2D eigenvalue weighted by atomic mass is 32.2. The number of hydrogen-bond donors (Lipinski definition) is 12. The van der Waals surface area contributed by atoms with E-state index in [1.54, 1.807) is 0 Å². The maximum atomic E-state index is 12.7. The lowest BCUT2D eigenvalue weighted by molar-refractivity contribution is -0.279. The number of Topliss-reactive ketones (excluding diaryl/α,β-unsaturated/α-hetero) is 2. The second-order valence-corrected chi connectivity index (χ2v) is 11.3. The van der Waals surface area contributed by atoms with Crippen molar-refractivity contribution in [1.82, 2.24) is 9.88 Å². The monoisotopic (exact) mass is 636 g/mol. The number of carbonyl (C=O) groups excluding carboxylic acids is 3. The quantitative estimate of drug-likeness (QED) is 0.0580.